The molecule has 0 fully saturated rings. The van der Waals surface area contributed by atoms with E-state index in [1.54, 1.807) is 0 Å². The normalized spacial score (nSPS) is 13.9. The molecule has 0 amide bonds. The Hall–Kier alpha value is 0.360. The standard InChI is InChI=1S/C4H9BrO3/c5-4(7)3-8-2-1-6/h4,6-7H,1-3H2. The molecule has 1 unspecified atom stereocenters. The van der Waals surface area contributed by atoms with Crippen molar-refractivity contribution in [3.8, 4) is 0 Å². The second kappa shape index (κ2) is 5.50. The first kappa shape index (κ1) is 8.36. The van der Waals surface area contributed by atoms with Crippen molar-refractivity contribution in [2.75, 3.05) is 19.8 Å². The first-order valence-corrected chi connectivity index (χ1v) is 3.19. The molecule has 1 atom stereocenters. The van der Waals surface area contributed by atoms with Gasteiger partial charge in [0, 0.05) is 0 Å². The highest BCUT2D eigenvalue weighted by Crippen LogP contribution is 1.92. The average Bonchev–Trinajstić information content (AvgIpc) is 1.66. The summed E-state index contributed by atoms with van der Waals surface area (Å²) in [6, 6.07) is 0. The van der Waals surface area contributed by atoms with Crippen molar-refractivity contribution < 1.29 is 14.9 Å². The van der Waals surface area contributed by atoms with Gasteiger partial charge in [-0.25, -0.2) is 0 Å². The smallest absolute Gasteiger partial charge is 0.132 e. The number of ether oxygens (including phenoxy) is 1. The van der Waals surface area contributed by atoms with E-state index < -0.39 is 5.01 Å². The molecule has 2 N–H and O–H groups in total. The number of alkyl halides is 1. The SMILES string of the molecule is OCCOCC(O)Br. The lowest BCUT2D eigenvalue weighted by Gasteiger charge is -2.01. The van der Waals surface area contributed by atoms with Crippen LogP contribution in [0.4, 0.5) is 0 Å². The second-order valence-electron chi connectivity index (χ2n) is 1.23. The van der Waals surface area contributed by atoms with Crippen molar-refractivity contribution in [2.45, 2.75) is 5.01 Å². The summed E-state index contributed by atoms with van der Waals surface area (Å²) < 4.78 is 4.70. The Morgan fingerprint density at radius 1 is 1.62 bits per heavy atom. The van der Waals surface area contributed by atoms with Gasteiger partial charge in [0.1, 0.15) is 5.01 Å². The molecule has 0 radical (unpaired) electrons. The third kappa shape index (κ3) is 6.36. The fourth-order valence-corrected chi connectivity index (χ4v) is 0.432. The molecule has 0 bridgehead atoms. The minimum Gasteiger partial charge on any atom is -0.394 e. The van der Waals surface area contributed by atoms with Gasteiger partial charge in [0.2, 0.25) is 0 Å². The summed E-state index contributed by atoms with van der Waals surface area (Å²) in [6.07, 6.45) is 0. The third-order valence-electron chi connectivity index (χ3n) is 0.491. The van der Waals surface area contributed by atoms with Crippen LogP contribution in [0.5, 0.6) is 0 Å². The van der Waals surface area contributed by atoms with Gasteiger partial charge in [-0.3, -0.25) is 0 Å². The van der Waals surface area contributed by atoms with Gasteiger partial charge in [-0.2, -0.15) is 0 Å². The van der Waals surface area contributed by atoms with E-state index >= 15 is 0 Å². The topological polar surface area (TPSA) is 49.7 Å². The molecule has 0 spiro atoms. The maximum Gasteiger partial charge on any atom is 0.132 e. The zero-order chi connectivity index (χ0) is 6.41. The molecule has 0 rings (SSSR count). The zero-order valence-electron chi connectivity index (χ0n) is 4.38. The molecule has 0 aliphatic carbocycles. The van der Waals surface area contributed by atoms with Crippen LogP contribution >= 0.6 is 15.9 Å². The average molecular weight is 185 g/mol. The molecule has 8 heavy (non-hydrogen) atoms. The lowest BCUT2D eigenvalue weighted by Crippen LogP contribution is -2.09. The van der Waals surface area contributed by atoms with Crippen LogP contribution in [-0.2, 0) is 4.74 Å². The first-order valence-electron chi connectivity index (χ1n) is 2.28. The summed E-state index contributed by atoms with van der Waals surface area (Å²) in [5, 5.41) is 16.0. The zero-order valence-corrected chi connectivity index (χ0v) is 5.97. The summed E-state index contributed by atoms with van der Waals surface area (Å²) in [5.74, 6) is 0. The summed E-state index contributed by atoms with van der Waals surface area (Å²) >= 11 is 2.85. The van der Waals surface area contributed by atoms with Gasteiger partial charge in [-0.05, 0) is 0 Å². The van der Waals surface area contributed by atoms with Gasteiger partial charge < -0.3 is 14.9 Å². The van der Waals surface area contributed by atoms with Crippen LogP contribution in [0.3, 0.4) is 0 Å². The molecule has 0 heterocycles. The number of aliphatic hydroxyl groups is 2. The van der Waals surface area contributed by atoms with E-state index in [0.717, 1.165) is 0 Å². The van der Waals surface area contributed by atoms with E-state index in [1.807, 2.05) is 0 Å². The van der Waals surface area contributed by atoms with Gasteiger partial charge in [-0.1, -0.05) is 15.9 Å². The quantitative estimate of drug-likeness (QED) is 0.467. The maximum atomic E-state index is 8.49. The Morgan fingerprint density at radius 3 is 2.62 bits per heavy atom. The number of hydrogen-bond donors (Lipinski definition) is 2. The van der Waals surface area contributed by atoms with Gasteiger partial charge in [0.05, 0.1) is 19.8 Å². The lowest BCUT2D eigenvalue weighted by molar-refractivity contribution is 0.0560. The predicted molar refractivity (Wildman–Crippen MR) is 32.8 cm³/mol. The molecular weight excluding hydrogens is 176 g/mol. The monoisotopic (exact) mass is 184 g/mol. The molecule has 50 valence electrons. The van der Waals surface area contributed by atoms with E-state index in [9.17, 15) is 0 Å². The molecule has 0 aromatic carbocycles. The molecule has 0 saturated carbocycles. The Bertz CT molecular complexity index is 48.5. The van der Waals surface area contributed by atoms with E-state index in [1.165, 1.54) is 0 Å². The number of rotatable bonds is 4. The van der Waals surface area contributed by atoms with Crippen molar-refractivity contribution in [3.05, 3.63) is 0 Å². The highest BCUT2D eigenvalue weighted by atomic mass is 79.9. The molecule has 0 aliphatic rings. The van der Waals surface area contributed by atoms with Gasteiger partial charge >= 0.3 is 0 Å². The van der Waals surface area contributed by atoms with Crippen LogP contribution < -0.4 is 0 Å². The van der Waals surface area contributed by atoms with Crippen molar-refractivity contribution in [2.24, 2.45) is 0 Å². The van der Waals surface area contributed by atoms with E-state index in [2.05, 4.69) is 15.9 Å². The van der Waals surface area contributed by atoms with Crippen LogP contribution in [0.1, 0.15) is 0 Å². The minimum absolute atomic E-state index is 0.000278. The predicted octanol–water partition coefficient (Wildman–Crippen LogP) is -0.291. The molecule has 0 aromatic rings. The molecular formula is C4H9BrO3. The fraction of sp³-hybridized carbons (Fsp3) is 1.00. The van der Waals surface area contributed by atoms with Crippen molar-refractivity contribution in [1.29, 1.82) is 0 Å². The Labute approximate surface area is 56.4 Å². The minimum atomic E-state index is -0.617. The first-order chi connectivity index (χ1) is 3.77. The van der Waals surface area contributed by atoms with Gasteiger partial charge in [0.15, 0.2) is 0 Å². The summed E-state index contributed by atoms with van der Waals surface area (Å²) in [4.78, 5) is 0. The Kier molecular flexibility index (Phi) is 5.74. The van der Waals surface area contributed by atoms with Crippen LogP contribution in [0, 0.1) is 0 Å². The van der Waals surface area contributed by atoms with Crippen LogP contribution in [0.25, 0.3) is 0 Å². The van der Waals surface area contributed by atoms with Gasteiger partial charge in [-0.15, -0.1) is 0 Å². The molecule has 0 saturated heterocycles. The van der Waals surface area contributed by atoms with Crippen LogP contribution in [0.15, 0.2) is 0 Å². The largest absolute Gasteiger partial charge is 0.394 e. The number of hydrogen-bond acceptors (Lipinski definition) is 3. The highest BCUT2D eigenvalue weighted by Gasteiger charge is 1.94. The molecule has 4 heteroatoms. The van der Waals surface area contributed by atoms with Crippen LogP contribution in [-0.4, -0.2) is 35.0 Å². The molecule has 0 aliphatic heterocycles. The lowest BCUT2D eigenvalue weighted by atomic mass is 10.7. The van der Waals surface area contributed by atoms with Crippen molar-refractivity contribution in [3.63, 3.8) is 0 Å². The summed E-state index contributed by atoms with van der Waals surface area (Å²) in [6.45, 7) is 0.503. The Balaban J connectivity index is 2.72. The third-order valence-corrected chi connectivity index (χ3v) is 0.755. The van der Waals surface area contributed by atoms with E-state index in [-0.39, 0.29) is 19.8 Å². The van der Waals surface area contributed by atoms with Gasteiger partial charge in [0.25, 0.3) is 0 Å². The fourth-order valence-electron chi connectivity index (χ4n) is 0.245. The number of aliphatic hydroxyl groups excluding tert-OH is 2. The number of halogens is 1. The van der Waals surface area contributed by atoms with Crippen LogP contribution in [0.2, 0.25) is 0 Å². The summed E-state index contributed by atoms with van der Waals surface area (Å²) in [5.41, 5.74) is 0. The molecule has 0 aromatic heterocycles. The molecule has 3 nitrogen and oxygen atoms in total. The highest BCUT2D eigenvalue weighted by molar-refractivity contribution is 9.09. The van der Waals surface area contributed by atoms with E-state index in [0.29, 0.717) is 0 Å². The van der Waals surface area contributed by atoms with Crippen molar-refractivity contribution in [1.82, 2.24) is 0 Å². The summed E-state index contributed by atoms with van der Waals surface area (Å²) in [7, 11) is 0. The maximum absolute atomic E-state index is 8.49. The van der Waals surface area contributed by atoms with E-state index in [4.69, 9.17) is 14.9 Å². The van der Waals surface area contributed by atoms with Crippen molar-refractivity contribution >= 4 is 15.9 Å². The Morgan fingerprint density at radius 2 is 2.25 bits per heavy atom. The second-order valence-corrected chi connectivity index (χ2v) is 2.29.